The van der Waals surface area contributed by atoms with Gasteiger partial charge in [0.2, 0.25) is 5.28 Å². The van der Waals surface area contributed by atoms with Crippen LogP contribution in [0.25, 0.3) is 5.95 Å². The monoisotopic (exact) mass is 324 g/mol. The summed E-state index contributed by atoms with van der Waals surface area (Å²) in [5.41, 5.74) is 0. The van der Waals surface area contributed by atoms with Crippen LogP contribution in [0, 0.1) is 0 Å². The standard InChI is InChI=1S/C11H6Cl2N6S/c12-7-2-1-3-8(4-7)20-11-17-9(13)16-10(18-11)19-6-14-5-15-19/h1-6H. The molecule has 3 rings (SSSR count). The molecule has 0 radical (unpaired) electrons. The van der Waals surface area contributed by atoms with E-state index in [1.54, 1.807) is 6.07 Å². The second kappa shape index (κ2) is 5.74. The van der Waals surface area contributed by atoms with E-state index in [2.05, 4.69) is 25.0 Å². The minimum atomic E-state index is 0.0926. The van der Waals surface area contributed by atoms with Crippen LogP contribution in [0.15, 0.2) is 47.0 Å². The molecule has 100 valence electrons. The van der Waals surface area contributed by atoms with Gasteiger partial charge in [-0.25, -0.2) is 4.98 Å². The van der Waals surface area contributed by atoms with Crippen molar-refractivity contribution < 1.29 is 0 Å². The third kappa shape index (κ3) is 3.06. The highest BCUT2D eigenvalue weighted by molar-refractivity contribution is 7.99. The lowest BCUT2D eigenvalue weighted by atomic mass is 10.4. The van der Waals surface area contributed by atoms with Crippen LogP contribution in [-0.4, -0.2) is 29.7 Å². The molecule has 6 nitrogen and oxygen atoms in total. The Morgan fingerprint density at radius 2 is 2.00 bits per heavy atom. The second-order valence-corrected chi connectivity index (χ2v) is 5.40. The van der Waals surface area contributed by atoms with Crippen LogP contribution < -0.4 is 0 Å². The Kier molecular flexibility index (Phi) is 3.81. The fourth-order valence-corrected chi connectivity index (χ4v) is 2.68. The van der Waals surface area contributed by atoms with E-state index in [-0.39, 0.29) is 5.28 Å². The third-order valence-electron chi connectivity index (χ3n) is 2.20. The SMILES string of the molecule is Clc1cccc(Sc2nc(Cl)nc(-n3cncn3)n2)c1. The summed E-state index contributed by atoms with van der Waals surface area (Å²) in [4.78, 5) is 17.1. The fourth-order valence-electron chi connectivity index (χ4n) is 1.42. The summed E-state index contributed by atoms with van der Waals surface area (Å²) in [6, 6.07) is 7.38. The molecule has 0 fully saturated rings. The predicted molar refractivity (Wildman–Crippen MR) is 75.3 cm³/mol. The van der Waals surface area contributed by atoms with E-state index in [9.17, 15) is 0 Å². The van der Waals surface area contributed by atoms with E-state index in [1.807, 2.05) is 18.2 Å². The Labute approximate surface area is 128 Å². The maximum Gasteiger partial charge on any atom is 0.257 e. The Bertz CT molecular complexity index is 734. The zero-order valence-electron chi connectivity index (χ0n) is 9.81. The fraction of sp³-hybridized carbons (Fsp3) is 0. The van der Waals surface area contributed by atoms with Crippen LogP contribution in [0.1, 0.15) is 0 Å². The molecule has 3 aromatic rings. The zero-order valence-corrected chi connectivity index (χ0v) is 12.1. The lowest BCUT2D eigenvalue weighted by molar-refractivity contribution is 0.757. The molecule has 0 bridgehead atoms. The lowest BCUT2D eigenvalue weighted by Crippen LogP contribution is -2.04. The van der Waals surface area contributed by atoms with Crippen molar-refractivity contribution in [1.29, 1.82) is 0 Å². The van der Waals surface area contributed by atoms with Crippen LogP contribution in [0.2, 0.25) is 10.3 Å². The Morgan fingerprint density at radius 3 is 2.75 bits per heavy atom. The molecule has 0 unspecified atom stereocenters. The summed E-state index contributed by atoms with van der Waals surface area (Å²) in [6.07, 6.45) is 2.88. The van der Waals surface area contributed by atoms with Crippen molar-refractivity contribution in [3.63, 3.8) is 0 Å². The first kappa shape index (κ1) is 13.3. The summed E-state index contributed by atoms with van der Waals surface area (Å²) in [5.74, 6) is 0.312. The maximum absolute atomic E-state index is 5.94. The van der Waals surface area contributed by atoms with Crippen molar-refractivity contribution in [3.8, 4) is 5.95 Å². The highest BCUT2D eigenvalue weighted by Gasteiger charge is 2.09. The molecule has 0 N–H and O–H groups in total. The molecule has 1 aromatic carbocycles. The van der Waals surface area contributed by atoms with Gasteiger partial charge in [0.15, 0.2) is 5.16 Å². The summed E-state index contributed by atoms with van der Waals surface area (Å²) in [5, 5.41) is 5.15. The molecule has 0 aliphatic heterocycles. The molecule has 0 atom stereocenters. The van der Waals surface area contributed by atoms with Crippen molar-refractivity contribution in [1.82, 2.24) is 29.7 Å². The zero-order chi connectivity index (χ0) is 13.9. The third-order valence-corrected chi connectivity index (χ3v) is 3.46. The molecule has 0 saturated carbocycles. The van der Waals surface area contributed by atoms with Crippen LogP contribution in [-0.2, 0) is 0 Å². The van der Waals surface area contributed by atoms with Gasteiger partial charge in [-0.1, -0.05) is 17.7 Å². The highest BCUT2D eigenvalue weighted by Crippen LogP contribution is 2.27. The van der Waals surface area contributed by atoms with Gasteiger partial charge >= 0.3 is 0 Å². The van der Waals surface area contributed by atoms with Gasteiger partial charge in [0, 0.05) is 9.92 Å². The molecule has 0 amide bonds. The summed E-state index contributed by atoms with van der Waals surface area (Å²) >= 11 is 13.2. The van der Waals surface area contributed by atoms with Crippen LogP contribution in [0.3, 0.4) is 0 Å². The van der Waals surface area contributed by atoms with Gasteiger partial charge in [-0.3, -0.25) is 0 Å². The smallest absolute Gasteiger partial charge is 0.223 e. The molecule has 0 aliphatic carbocycles. The van der Waals surface area contributed by atoms with Crippen LogP contribution in [0.5, 0.6) is 0 Å². The van der Waals surface area contributed by atoms with Crippen LogP contribution in [0.4, 0.5) is 0 Å². The van der Waals surface area contributed by atoms with E-state index in [0.29, 0.717) is 16.1 Å². The van der Waals surface area contributed by atoms with Crippen molar-refractivity contribution in [2.45, 2.75) is 10.1 Å². The number of halogens is 2. The van der Waals surface area contributed by atoms with Crippen molar-refractivity contribution in [2.75, 3.05) is 0 Å². The molecular formula is C11H6Cl2N6S. The molecule has 20 heavy (non-hydrogen) atoms. The minimum Gasteiger partial charge on any atom is -0.223 e. The quantitative estimate of drug-likeness (QED) is 0.737. The molecule has 0 aliphatic rings. The first-order valence-electron chi connectivity index (χ1n) is 5.41. The van der Waals surface area contributed by atoms with Crippen molar-refractivity contribution in [2.24, 2.45) is 0 Å². The molecule has 0 saturated heterocycles. The van der Waals surface area contributed by atoms with Crippen molar-refractivity contribution >= 4 is 35.0 Å². The Morgan fingerprint density at radius 1 is 1.10 bits per heavy atom. The first-order valence-corrected chi connectivity index (χ1v) is 6.98. The molecule has 9 heteroatoms. The number of aromatic nitrogens is 6. The average Bonchev–Trinajstić information content (AvgIpc) is 2.91. The van der Waals surface area contributed by atoms with Gasteiger partial charge in [-0.2, -0.15) is 24.7 Å². The number of benzene rings is 1. The second-order valence-electron chi connectivity index (χ2n) is 3.59. The van der Waals surface area contributed by atoms with Gasteiger partial charge < -0.3 is 0 Å². The topological polar surface area (TPSA) is 69.4 Å². The van der Waals surface area contributed by atoms with E-state index in [1.165, 1.54) is 29.1 Å². The summed E-state index contributed by atoms with van der Waals surface area (Å²) < 4.78 is 1.41. The highest BCUT2D eigenvalue weighted by atomic mass is 35.5. The van der Waals surface area contributed by atoms with Crippen molar-refractivity contribution in [3.05, 3.63) is 47.2 Å². The van der Waals surface area contributed by atoms with Gasteiger partial charge in [0.25, 0.3) is 5.95 Å². The number of rotatable bonds is 3. The molecule has 2 heterocycles. The van der Waals surface area contributed by atoms with Gasteiger partial charge in [0.05, 0.1) is 0 Å². The average molecular weight is 325 g/mol. The Hall–Kier alpha value is -1.70. The molecule has 2 aromatic heterocycles. The minimum absolute atomic E-state index is 0.0926. The van der Waals surface area contributed by atoms with Crippen LogP contribution >= 0.6 is 35.0 Å². The van der Waals surface area contributed by atoms with Gasteiger partial charge in [-0.05, 0) is 41.6 Å². The lowest BCUT2D eigenvalue weighted by Gasteiger charge is -2.03. The summed E-state index contributed by atoms with van der Waals surface area (Å²) in [7, 11) is 0. The van der Waals surface area contributed by atoms with E-state index < -0.39 is 0 Å². The van der Waals surface area contributed by atoms with E-state index >= 15 is 0 Å². The molecule has 0 spiro atoms. The van der Waals surface area contributed by atoms with E-state index in [0.717, 1.165) is 4.90 Å². The van der Waals surface area contributed by atoms with E-state index in [4.69, 9.17) is 23.2 Å². The Balaban J connectivity index is 1.94. The number of hydrogen-bond acceptors (Lipinski definition) is 6. The van der Waals surface area contributed by atoms with Gasteiger partial charge in [0.1, 0.15) is 12.7 Å². The predicted octanol–water partition coefficient (Wildman–Crippen LogP) is 2.91. The largest absolute Gasteiger partial charge is 0.257 e. The maximum atomic E-state index is 5.94. The molecular weight excluding hydrogens is 319 g/mol. The van der Waals surface area contributed by atoms with Gasteiger partial charge in [-0.15, -0.1) is 0 Å². The normalized spacial score (nSPS) is 10.7. The first-order chi connectivity index (χ1) is 9.70. The summed E-state index contributed by atoms with van der Waals surface area (Å²) in [6.45, 7) is 0. The number of hydrogen-bond donors (Lipinski definition) is 0. The number of nitrogens with zero attached hydrogens (tertiary/aromatic N) is 6.